The van der Waals surface area contributed by atoms with E-state index in [-0.39, 0.29) is 227 Å². The molecule has 0 spiro atoms. The van der Waals surface area contributed by atoms with E-state index in [1.807, 2.05) is 0 Å². The third-order valence-electron chi connectivity index (χ3n) is 18.8. The quantitative estimate of drug-likeness (QED) is 0.0102. The lowest BCUT2D eigenvalue weighted by molar-refractivity contribution is -0.0278. The Morgan fingerprint density at radius 2 is 0.578 bits per heavy atom. The first kappa shape index (κ1) is 105. The van der Waals surface area contributed by atoms with Crippen LogP contribution in [0, 0.1) is 0 Å². The molecule has 0 radical (unpaired) electrons. The van der Waals surface area contributed by atoms with Crippen molar-refractivity contribution in [1.82, 2.24) is 0 Å². The van der Waals surface area contributed by atoms with Crippen molar-refractivity contribution < 1.29 is 151 Å². The Balaban J connectivity index is 1.21. The highest BCUT2D eigenvalue weighted by atomic mass is 127. The summed E-state index contributed by atoms with van der Waals surface area (Å²) in [5.41, 5.74) is 0. The Bertz CT molecular complexity index is 5190. The monoisotopic (exact) mass is 2110 g/mol. The number of phenolic OH excluding ortho intramolecular Hbond substituents is 4. The third kappa shape index (κ3) is 29.4. The van der Waals surface area contributed by atoms with Crippen LogP contribution in [0.4, 0.5) is 0 Å². The fraction of sp³-hybridized carbons (Fsp3) is 0.407. The van der Waals surface area contributed by atoms with Gasteiger partial charge in [0, 0.05) is 89.7 Å². The van der Waals surface area contributed by atoms with E-state index in [0.29, 0.717) is 10.8 Å². The van der Waals surface area contributed by atoms with Crippen LogP contribution in [0.5, 0.6) is 46.0 Å². The summed E-state index contributed by atoms with van der Waals surface area (Å²) < 4.78 is 258. The number of ether oxygens (including phenoxy) is 4. The average Bonchev–Trinajstić information content (AvgIpc) is 0.742. The fourth-order valence-corrected chi connectivity index (χ4v) is 51.5. The molecule has 5 atom stereocenters. The third-order valence-corrected chi connectivity index (χ3v) is 55.6. The Kier molecular flexibility index (Phi) is 40.4. The van der Waals surface area contributed by atoms with Crippen LogP contribution in [0.1, 0.15) is 94.4 Å². The summed E-state index contributed by atoms with van der Waals surface area (Å²) in [6.45, 7) is 13.8. The maximum atomic E-state index is 14.4. The van der Waals surface area contributed by atoms with E-state index >= 15 is 0 Å². The molecule has 128 heavy (non-hydrogen) atoms. The molecule has 34 nitrogen and oxygen atoms in total. The molecule has 1 heterocycles. The molecule has 5 N–H and O–H groups in total. The summed E-state index contributed by atoms with van der Waals surface area (Å²) in [5, 5.41) is 39.8. The van der Waals surface area contributed by atoms with Gasteiger partial charge in [-0.15, -0.1) is 0 Å². The van der Waals surface area contributed by atoms with Crippen molar-refractivity contribution in [3.8, 4) is 46.0 Å². The number of halogens is 1. The van der Waals surface area contributed by atoms with Crippen molar-refractivity contribution in [2.45, 2.75) is 164 Å². The molecule has 0 saturated carbocycles. The number of alkyl halides is 1. The number of aromatic hydroxyl groups is 4. The van der Waals surface area contributed by atoms with Crippen LogP contribution in [0.25, 0.3) is 0 Å². The van der Waals surface area contributed by atoms with E-state index in [2.05, 4.69) is 22.6 Å². The maximum absolute atomic E-state index is 14.4. The molecule has 1 fully saturated rings. The van der Waals surface area contributed by atoms with Crippen molar-refractivity contribution >= 4 is 134 Å². The molecule has 0 aromatic heterocycles. The highest BCUT2D eigenvalue weighted by Gasteiger charge is 2.73. The summed E-state index contributed by atoms with van der Waals surface area (Å²) >= 11 is 2.23. The van der Waals surface area contributed by atoms with Crippen LogP contribution in [0.2, 0.25) is 30.2 Å². The van der Waals surface area contributed by atoms with E-state index in [9.17, 15) is 58.9 Å². The lowest BCUT2D eigenvalue weighted by Crippen LogP contribution is -2.76. The predicted octanol–water partition coefficient (Wildman–Crippen LogP) is 13.6. The molecule has 0 amide bonds. The molecule has 0 bridgehead atoms. The Labute approximate surface area is 772 Å². The molecule has 8 aromatic carbocycles. The van der Waals surface area contributed by atoms with Gasteiger partial charge < -0.3 is 117 Å². The van der Waals surface area contributed by atoms with Crippen LogP contribution in [0.3, 0.4) is 0 Å². The molecule has 704 valence electrons. The van der Waals surface area contributed by atoms with Gasteiger partial charge in [0.2, 0.25) is 39.3 Å². The number of benzene rings is 8. The molecule has 1 saturated heterocycles. The number of rotatable bonds is 55. The number of phenols is 4. The number of sulfone groups is 4. The second kappa shape index (κ2) is 49.1. The first-order chi connectivity index (χ1) is 61.2. The molecule has 47 heteroatoms. The summed E-state index contributed by atoms with van der Waals surface area (Å²) in [6.07, 6.45) is 0.441. The molecule has 8 aromatic rings. The van der Waals surface area contributed by atoms with Gasteiger partial charge in [-0.2, -0.15) is 0 Å². The summed E-state index contributed by atoms with van der Waals surface area (Å²) in [7, 11) is -56.3. The van der Waals surface area contributed by atoms with Crippen LogP contribution in [0.15, 0.2) is 233 Å². The molecule has 5 unspecified atom stereocenters. The van der Waals surface area contributed by atoms with Gasteiger partial charge in [-0.25, -0.2) is 33.7 Å². The van der Waals surface area contributed by atoms with E-state index in [4.69, 9.17) is 91.7 Å². The first-order valence-electron chi connectivity index (χ1n) is 41.8. The van der Waals surface area contributed by atoms with E-state index in [0.717, 1.165) is 0 Å². The Morgan fingerprint density at radius 1 is 0.320 bits per heavy atom. The second-order valence-electron chi connectivity index (χ2n) is 28.0. The van der Waals surface area contributed by atoms with Crippen molar-refractivity contribution in [2.75, 3.05) is 90.3 Å². The Morgan fingerprint density at radius 3 is 0.859 bits per heavy atom. The van der Waals surface area contributed by atoms with Crippen LogP contribution in [-0.2, 0) is 112 Å². The molecule has 0 aliphatic carbocycles. The smallest absolute Gasteiger partial charge is 0.508 e. The molecule has 1 aliphatic rings. The van der Waals surface area contributed by atoms with Gasteiger partial charge in [-0.05, 0) is 293 Å². The van der Waals surface area contributed by atoms with Crippen LogP contribution < -0.4 is 18.9 Å². The molecule has 9 rings (SSSR count). The largest absolute Gasteiger partial charge is 0.654 e. The zero-order valence-corrected chi connectivity index (χ0v) is 86.2. The van der Waals surface area contributed by atoms with Gasteiger partial charge in [-0.1, -0.05) is 22.6 Å². The van der Waals surface area contributed by atoms with Crippen molar-refractivity contribution in [1.29, 1.82) is 0 Å². The van der Waals surface area contributed by atoms with Crippen LogP contribution >= 0.6 is 22.6 Å². The minimum absolute atomic E-state index is 0.0192. The van der Waals surface area contributed by atoms with Crippen LogP contribution in [-0.4, -0.2) is 221 Å². The van der Waals surface area contributed by atoms with Crippen molar-refractivity contribution in [2.24, 2.45) is 0 Å². The van der Waals surface area contributed by atoms with Crippen molar-refractivity contribution in [3.63, 3.8) is 0 Å². The van der Waals surface area contributed by atoms with Gasteiger partial charge in [-0.3, -0.25) is 0 Å². The lowest BCUT2D eigenvalue weighted by atomic mass is 10.3. The first-order valence-corrected chi connectivity index (χ1v) is 63.7. The highest BCUT2D eigenvalue weighted by Crippen LogP contribution is 2.43. The summed E-state index contributed by atoms with van der Waals surface area (Å²) in [4.78, 5) is 14.0. The minimum Gasteiger partial charge on any atom is -0.508 e. The summed E-state index contributed by atoms with van der Waals surface area (Å²) in [6, 6.07) is 42.7. The Hall–Kier alpha value is -6.29. The normalized spacial score (nSPS) is 18.7. The zero-order valence-electron chi connectivity index (χ0n) is 72.6. The topological polar surface area (TPSA) is 432 Å². The van der Waals surface area contributed by atoms with Gasteiger partial charge in [0.15, 0.2) is 0 Å². The lowest BCUT2D eigenvalue weighted by Gasteiger charge is -2.48. The molecular formula is C81H113IO34S4Si8. The van der Waals surface area contributed by atoms with Gasteiger partial charge in [0.05, 0.1) is 65.6 Å². The van der Waals surface area contributed by atoms with Crippen molar-refractivity contribution in [3.05, 3.63) is 194 Å². The fourth-order valence-electron chi connectivity index (χ4n) is 13.1. The van der Waals surface area contributed by atoms with E-state index in [1.165, 1.54) is 194 Å². The van der Waals surface area contributed by atoms with E-state index in [1.54, 1.807) is 62.3 Å². The highest BCUT2D eigenvalue weighted by molar-refractivity contribution is 14.1. The standard InChI is InChI=1S/C81H113IO34S4Si8/c1-10-100-121-109-125(107-17-8,64-22-59-98-72-36-52-80(53-37-72)119(91,92)76-44-28-68(85)29-45-76)115-128(113-123(103-13-4,104-14-5)61-19-56-82,114-124(105-15-6,106-16-7)63-21-58-97-71-34-50-79(51-35-71)118(89,90)75-42-26-67(84)27-43-75)116-126(108-18-9,65-23-60-99-73-38-54-81(55-39-73)120(93,94)77-46-30-69(86)31-47-77)112-127(95,110-121)111-122(101-11-2,102-12-3)62-20-57-96-70-32-48-78(49-33-70)117(87,88)74-40-24-66(83)25-41-74/h24-55,83-86,95,121H,10-23,56-65H2,1-9H3. The number of hydrogen-bond acceptors (Lipinski definition) is 34. The van der Waals surface area contributed by atoms with Gasteiger partial charge >= 0.3 is 71.6 Å². The van der Waals surface area contributed by atoms with Gasteiger partial charge in [0.1, 0.15) is 46.0 Å². The number of hydrogen-bond donors (Lipinski definition) is 5. The summed E-state index contributed by atoms with van der Waals surface area (Å²) in [5.74, 6) is 0.575. The second-order valence-corrected chi connectivity index (χ2v) is 58.2. The minimum atomic E-state index is -5.90. The zero-order chi connectivity index (χ0) is 92.8. The SMILES string of the molecule is CCO[SiH]1O[Si](O)(O[Si](CCCOc2ccc(S(=O)(=O)c3ccc(O)cc3)cc2)(OCC)OCC)O[Si](CCCOc2ccc(S(=O)(=O)c3ccc(O)cc3)cc2)(OCC)O[Si](O[Si](CCCI)(OCC)OCC)(O[Si](CCCOc2ccc(S(=O)(=O)c3ccc(O)cc3)cc2)(OCC)OCC)O[Si](CCCOc2ccc(S(=O)(=O)c3ccc(O)cc3)cc2)(OCC)O1. The molecule has 1 aliphatic heterocycles. The maximum Gasteiger partial charge on any atom is 0.654 e. The van der Waals surface area contributed by atoms with Gasteiger partial charge in [0.25, 0.3) is 0 Å². The average molecular weight is 2110 g/mol. The predicted molar refractivity (Wildman–Crippen MR) is 491 cm³/mol. The molecular weight excluding hydrogens is 2000 g/mol. The van der Waals surface area contributed by atoms with E-state index < -0.39 is 111 Å².